The average molecular weight is 1170 g/mol. The zero-order valence-corrected chi connectivity index (χ0v) is 44.2. The van der Waals surface area contributed by atoms with Crippen LogP contribution in [0.5, 0.6) is 11.5 Å². The monoisotopic (exact) mass is 1170 g/mol. The van der Waals surface area contributed by atoms with Crippen LogP contribution in [-0.4, -0.2) is 57.5 Å². The van der Waals surface area contributed by atoms with Crippen molar-refractivity contribution in [3.05, 3.63) is 177 Å². The number of aromatic nitrogens is 8. The first-order valence-corrected chi connectivity index (χ1v) is 24.6. The molecule has 0 saturated carbocycles. The van der Waals surface area contributed by atoms with Crippen molar-refractivity contribution in [2.75, 3.05) is 42.5 Å². The SMILES string of the molecule is C.Cc1cc(Nc2nc(Nc3cc(NC(=O)Nc4ccc(Cl)c(C(F)(F)F)c4)ccc3C)ncc2O)n[nH]1.Cc1cc(Nc2nc(Nc3cc(NC(=O)Nc4ccc(Cl)c(C(F)(F)F)c4)ccc3C)ncc2OCc2ccccc2)n[nH]1. The Bertz CT molecular complexity index is 3720. The highest BCUT2D eigenvalue weighted by Crippen LogP contribution is 2.38. The predicted molar refractivity (Wildman–Crippen MR) is 304 cm³/mol. The number of H-pyrrole nitrogens is 2. The number of aryl methyl sites for hydroxylation is 4. The molecule has 0 aliphatic carbocycles. The molecule has 9 aromatic rings. The van der Waals surface area contributed by atoms with Crippen LogP contribution in [0.2, 0.25) is 10.0 Å². The van der Waals surface area contributed by atoms with E-state index in [0.29, 0.717) is 52.6 Å². The van der Waals surface area contributed by atoms with Crippen molar-refractivity contribution < 1.29 is 45.8 Å². The van der Waals surface area contributed by atoms with E-state index >= 15 is 0 Å². The van der Waals surface area contributed by atoms with Crippen LogP contribution in [0.3, 0.4) is 0 Å². The number of hydrogen-bond acceptors (Lipinski definition) is 14. The molecule has 4 aromatic heterocycles. The average Bonchev–Trinajstić information content (AvgIpc) is 4.05. The lowest BCUT2D eigenvalue weighted by Gasteiger charge is -2.15. The van der Waals surface area contributed by atoms with Crippen molar-refractivity contribution in [3.63, 3.8) is 0 Å². The highest BCUT2D eigenvalue weighted by atomic mass is 35.5. The number of benzene rings is 5. The standard InChI is InChI=1S/C30H26ClF3N8O2.C23H20ClF3N8O2.CH4/c1-17-8-9-21(37-29(43)36-20-10-11-23(31)22(13-20)30(32,33)34)14-24(17)38-28-35-15-25(44-16-19-6-4-3-5-7-19)27(40-28)39-26-12-18(2)41-42-26;1-11-3-4-14(30-22(37)29-13-5-6-16(24)15(8-13)23(25,26)27)9-17(11)31-21-28-10-18(36)20(33-21)32-19-7-12(2)34-35-19;/h3-15H,16H2,1-2H3,(H2,36,37,43)(H3,35,38,39,40,41,42);3-10,36H,1-2H3,(H2,29,30,37)(H3,28,31,32,33,34,35);1H4. The number of urea groups is 2. The Hall–Kier alpha value is -9.82. The summed E-state index contributed by atoms with van der Waals surface area (Å²) in [7, 11) is 0. The molecular weight excluding hydrogens is 1120 g/mol. The van der Waals surface area contributed by atoms with E-state index in [2.05, 4.69) is 82.9 Å². The minimum Gasteiger partial charge on any atom is -0.503 e. The largest absolute Gasteiger partial charge is 0.503 e. The van der Waals surface area contributed by atoms with Crippen molar-refractivity contribution in [3.8, 4) is 11.5 Å². The van der Waals surface area contributed by atoms with E-state index in [1.807, 2.05) is 64.1 Å². The minimum atomic E-state index is -4.66. The number of nitrogens with zero attached hydrogens (tertiary/aromatic N) is 6. The van der Waals surface area contributed by atoms with E-state index in [1.54, 1.807) is 42.5 Å². The third kappa shape index (κ3) is 16.4. The lowest BCUT2D eigenvalue weighted by atomic mass is 10.2. The van der Waals surface area contributed by atoms with Gasteiger partial charge in [-0.3, -0.25) is 10.2 Å². The third-order valence-electron chi connectivity index (χ3n) is 11.2. The van der Waals surface area contributed by atoms with E-state index in [1.165, 1.54) is 24.5 Å². The van der Waals surface area contributed by atoms with Crippen LogP contribution in [-0.2, 0) is 19.0 Å². The fourth-order valence-electron chi connectivity index (χ4n) is 7.23. The van der Waals surface area contributed by atoms with Gasteiger partial charge in [-0.15, -0.1) is 0 Å². The first kappa shape index (κ1) is 59.8. The molecule has 0 bridgehead atoms. The second kappa shape index (κ2) is 26.0. The Balaban J connectivity index is 0.000000237. The molecule has 0 saturated heterocycles. The number of anilines is 12. The molecule has 0 atom stereocenters. The summed E-state index contributed by atoms with van der Waals surface area (Å²) in [5, 5.41) is 45.1. The summed E-state index contributed by atoms with van der Waals surface area (Å²) >= 11 is 11.3. The fourth-order valence-corrected chi connectivity index (χ4v) is 7.68. The van der Waals surface area contributed by atoms with Crippen LogP contribution in [0.1, 0.15) is 46.6 Å². The minimum absolute atomic E-state index is 0. The van der Waals surface area contributed by atoms with E-state index in [4.69, 9.17) is 27.9 Å². The molecule has 0 aliphatic rings. The molecule has 20 nitrogen and oxygen atoms in total. The molecule has 11 N–H and O–H groups in total. The summed E-state index contributed by atoms with van der Waals surface area (Å²) in [5.74, 6) is 2.08. The molecule has 4 amide bonds. The predicted octanol–water partition coefficient (Wildman–Crippen LogP) is 15.2. The van der Waals surface area contributed by atoms with Crippen LogP contribution in [0.25, 0.3) is 0 Å². The maximum absolute atomic E-state index is 13.2. The van der Waals surface area contributed by atoms with Crippen LogP contribution >= 0.6 is 23.2 Å². The van der Waals surface area contributed by atoms with Crippen LogP contribution in [0.4, 0.5) is 105 Å². The smallest absolute Gasteiger partial charge is 0.417 e. The van der Waals surface area contributed by atoms with Gasteiger partial charge in [0.05, 0.1) is 33.6 Å². The van der Waals surface area contributed by atoms with E-state index < -0.39 is 45.6 Å². The summed E-state index contributed by atoms with van der Waals surface area (Å²) in [6.07, 6.45) is -6.58. The van der Waals surface area contributed by atoms with Crippen molar-refractivity contribution in [1.82, 2.24) is 40.3 Å². The maximum atomic E-state index is 13.2. The summed E-state index contributed by atoms with van der Waals surface area (Å²) in [6, 6.07) is 27.9. The Morgan fingerprint density at radius 2 is 0.988 bits per heavy atom. The number of carbonyl (C=O) groups excluding carboxylic acids is 2. The second-order valence-corrected chi connectivity index (χ2v) is 18.4. The molecule has 28 heteroatoms. The summed E-state index contributed by atoms with van der Waals surface area (Å²) in [5.41, 5.74) is 3.81. The van der Waals surface area contributed by atoms with Gasteiger partial charge in [0.25, 0.3) is 0 Å². The zero-order chi connectivity index (χ0) is 58.0. The lowest BCUT2D eigenvalue weighted by Crippen LogP contribution is -2.20. The molecule has 4 heterocycles. The fraction of sp³-hybridized carbons (Fsp3) is 0.148. The van der Waals surface area contributed by atoms with Crippen molar-refractivity contribution in [1.29, 1.82) is 0 Å². The van der Waals surface area contributed by atoms with Gasteiger partial charge in [-0.1, -0.05) is 73.1 Å². The molecule has 0 aliphatic heterocycles. The van der Waals surface area contributed by atoms with E-state index in [9.17, 15) is 41.0 Å². The van der Waals surface area contributed by atoms with Crippen LogP contribution in [0.15, 0.2) is 128 Å². The van der Waals surface area contributed by atoms with Gasteiger partial charge in [-0.25, -0.2) is 19.6 Å². The number of nitrogens with one attached hydrogen (secondary N) is 10. The van der Waals surface area contributed by atoms with Gasteiger partial charge in [0, 0.05) is 57.6 Å². The zero-order valence-electron chi connectivity index (χ0n) is 42.7. The van der Waals surface area contributed by atoms with Gasteiger partial charge in [0.2, 0.25) is 11.9 Å². The van der Waals surface area contributed by atoms with E-state index in [0.717, 1.165) is 52.3 Å². The molecule has 0 spiro atoms. The molecular formula is C54H50Cl2F6N16O4. The highest BCUT2D eigenvalue weighted by molar-refractivity contribution is 6.32. The number of alkyl halides is 6. The van der Waals surface area contributed by atoms with Gasteiger partial charge in [0.1, 0.15) is 6.61 Å². The normalized spacial score (nSPS) is 11.0. The first-order chi connectivity index (χ1) is 38.5. The molecule has 0 radical (unpaired) electrons. The molecule has 0 unspecified atom stereocenters. The topological polar surface area (TPSA) is 269 Å². The quantitative estimate of drug-likeness (QED) is 0.0427. The molecule has 5 aromatic carbocycles. The van der Waals surface area contributed by atoms with Gasteiger partial charge in [-0.2, -0.15) is 46.5 Å². The van der Waals surface area contributed by atoms with Crippen LogP contribution < -0.4 is 47.3 Å². The number of hydrogen-bond donors (Lipinski definition) is 11. The number of aromatic hydroxyl groups is 1. The van der Waals surface area contributed by atoms with Gasteiger partial charge >= 0.3 is 24.4 Å². The number of ether oxygens (including phenoxy) is 1. The summed E-state index contributed by atoms with van der Waals surface area (Å²) in [4.78, 5) is 42.3. The third-order valence-corrected chi connectivity index (χ3v) is 11.9. The Morgan fingerprint density at radius 3 is 1.44 bits per heavy atom. The first-order valence-electron chi connectivity index (χ1n) is 23.8. The van der Waals surface area contributed by atoms with E-state index in [-0.39, 0.29) is 42.3 Å². The highest BCUT2D eigenvalue weighted by Gasteiger charge is 2.34. The molecule has 426 valence electrons. The molecule has 9 rings (SSSR count). The number of amides is 4. The Labute approximate surface area is 473 Å². The Kier molecular flexibility index (Phi) is 19.0. The van der Waals surface area contributed by atoms with Gasteiger partial charge in [-0.05, 0) is 105 Å². The summed E-state index contributed by atoms with van der Waals surface area (Å²) < 4.78 is 84.8. The number of rotatable bonds is 15. The van der Waals surface area contributed by atoms with Gasteiger partial charge < -0.3 is 52.4 Å². The van der Waals surface area contributed by atoms with Gasteiger partial charge in [0.15, 0.2) is 34.8 Å². The number of halogens is 8. The van der Waals surface area contributed by atoms with Crippen molar-refractivity contribution in [2.24, 2.45) is 0 Å². The van der Waals surface area contributed by atoms with Crippen molar-refractivity contribution in [2.45, 2.75) is 54.1 Å². The maximum Gasteiger partial charge on any atom is 0.417 e. The lowest BCUT2D eigenvalue weighted by molar-refractivity contribution is -0.138. The summed E-state index contributed by atoms with van der Waals surface area (Å²) in [6.45, 7) is 7.65. The number of aromatic amines is 2. The molecule has 82 heavy (non-hydrogen) atoms. The number of carbonyl (C=O) groups is 2. The Morgan fingerprint density at radius 1 is 0.561 bits per heavy atom. The van der Waals surface area contributed by atoms with Crippen molar-refractivity contribution >= 4 is 105 Å². The molecule has 0 fully saturated rings. The second-order valence-electron chi connectivity index (χ2n) is 17.6. The van der Waals surface area contributed by atoms with Crippen LogP contribution in [0, 0.1) is 27.7 Å².